The molecule has 0 radical (unpaired) electrons. The van der Waals surface area contributed by atoms with Crippen molar-refractivity contribution in [3.05, 3.63) is 11.8 Å². The average Bonchev–Trinajstić information content (AvgIpc) is 2.35. The predicted molar refractivity (Wildman–Crippen MR) is 72.7 cm³/mol. The lowest BCUT2D eigenvalue weighted by atomic mass is 10.2. The van der Waals surface area contributed by atoms with Gasteiger partial charge in [0.1, 0.15) is 0 Å². The van der Waals surface area contributed by atoms with Gasteiger partial charge in [0.15, 0.2) is 0 Å². The molecule has 1 atom stereocenters. The minimum Gasteiger partial charge on any atom is -0.366 e. The summed E-state index contributed by atoms with van der Waals surface area (Å²) in [4.78, 5) is 10.3. The van der Waals surface area contributed by atoms with Gasteiger partial charge in [-0.1, -0.05) is 5.22 Å². The van der Waals surface area contributed by atoms with Crippen molar-refractivity contribution in [2.24, 2.45) is 20.3 Å². The summed E-state index contributed by atoms with van der Waals surface area (Å²) in [5.41, 5.74) is 3.59. The first-order valence-corrected chi connectivity index (χ1v) is 5.57. The van der Waals surface area contributed by atoms with E-state index < -0.39 is 0 Å². The summed E-state index contributed by atoms with van der Waals surface area (Å²) in [7, 11) is 3.58. The van der Waals surface area contributed by atoms with E-state index in [-0.39, 0.29) is 6.04 Å². The van der Waals surface area contributed by atoms with Crippen LogP contribution in [0.25, 0.3) is 0 Å². The third-order valence-electron chi connectivity index (χ3n) is 2.17. The third-order valence-corrected chi connectivity index (χ3v) is 2.17. The predicted octanol–water partition coefficient (Wildman–Crippen LogP) is 1.53. The van der Waals surface area contributed by atoms with Crippen LogP contribution in [0.2, 0.25) is 0 Å². The second kappa shape index (κ2) is 9.50. The Morgan fingerprint density at radius 2 is 2.24 bits per heavy atom. The van der Waals surface area contributed by atoms with Crippen LogP contribution in [0.4, 0.5) is 0 Å². The van der Waals surface area contributed by atoms with Crippen molar-refractivity contribution >= 4 is 13.1 Å². The van der Waals surface area contributed by atoms with E-state index in [4.69, 9.17) is 0 Å². The highest BCUT2D eigenvalue weighted by molar-refractivity contribution is 5.55. The van der Waals surface area contributed by atoms with E-state index in [0.29, 0.717) is 6.54 Å². The molecule has 6 heteroatoms. The highest BCUT2D eigenvalue weighted by atomic mass is 15.4. The van der Waals surface area contributed by atoms with E-state index in [0.717, 1.165) is 12.2 Å². The normalized spacial score (nSPS) is 14.2. The first kappa shape index (κ1) is 15.3. The van der Waals surface area contributed by atoms with Gasteiger partial charge in [-0.05, 0) is 26.6 Å². The van der Waals surface area contributed by atoms with Crippen molar-refractivity contribution in [3.8, 4) is 0 Å². The zero-order chi connectivity index (χ0) is 13.1. The molecule has 0 bridgehead atoms. The molecule has 0 amide bonds. The van der Waals surface area contributed by atoms with Crippen LogP contribution in [0.3, 0.4) is 0 Å². The molecular formula is C11H22N6. The Morgan fingerprint density at radius 1 is 1.53 bits per heavy atom. The summed E-state index contributed by atoms with van der Waals surface area (Å²) in [5.74, 6) is 0. The molecule has 17 heavy (non-hydrogen) atoms. The number of hydrogen-bond acceptors (Lipinski definition) is 4. The Balaban J connectivity index is 4.33. The molecule has 0 aromatic heterocycles. The van der Waals surface area contributed by atoms with Gasteiger partial charge in [0.2, 0.25) is 0 Å². The fourth-order valence-electron chi connectivity index (χ4n) is 1.00. The second-order valence-electron chi connectivity index (χ2n) is 3.46. The zero-order valence-electron chi connectivity index (χ0n) is 11.1. The Bertz CT molecular complexity index is 294. The molecule has 0 aliphatic carbocycles. The van der Waals surface area contributed by atoms with E-state index in [1.54, 1.807) is 7.05 Å². The fourth-order valence-corrected chi connectivity index (χ4v) is 1.00. The fraction of sp³-hybridized carbons (Fsp3) is 0.636. The maximum atomic E-state index is 4.38. The molecule has 0 fully saturated rings. The van der Waals surface area contributed by atoms with Crippen LogP contribution in [0.5, 0.6) is 0 Å². The zero-order valence-corrected chi connectivity index (χ0v) is 11.1. The number of nitrogens with zero attached hydrogens (tertiary/aromatic N) is 5. The largest absolute Gasteiger partial charge is 0.366 e. The van der Waals surface area contributed by atoms with Gasteiger partial charge in [-0.25, -0.2) is 0 Å². The number of rotatable bonds is 8. The lowest BCUT2D eigenvalue weighted by molar-refractivity contribution is 0.547. The molecular weight excluding hydrogens is 216 g/mol. The van der Waals surface area contributed by atoms with Crippen molar-refractivity contribution in [1.82, 2.24) is 10.3 Å². The van der Waals surface area contributed by atoms with E-state index in [1.165, 1.54) is 0 Å². The molecule has 0 aromatic carbocycles. The average molecular weight is 238 g/mol. The highest BCUT2D eigenvalue weighted by Crippen LogP contribution is 2.06. The third kappa shape index (κ3) is 7.21. The van der Waals surface area contributed by atoms with Crippen molar-refractivity contribution in [2.75, 3.05) is 27.2 Å². The highest BCUT2D eigenvalue weighted by Gasteiger charge is 2.03. The smallest absolute Gasteiger partial charge is 0.0906 e. The van der Waals surface area contributed by atoms with Gasteiger partial charge in [-0.15, -0.1) is 0 Å². The Hall–Kier alpha value is -1.72. The Labute approximate surface area is 103 Å². The summed E-state index contributed by atoms with van der Waals surface area (Å²) < 4.78 is 0. The Morgan fingerprint density at radius 3 is 2.76 bits per heavy atom. The topological polar surface area (TPSA) is 64.7 Å². The van der Waals surface area contributed by atoms with Gasteiger partial charge in [0.05, 0.1) is 31.7 Å². The summed E-state index contributed by atoms with van der Waals surface area (Å²) in [5, 5.41) is 7.22. The van der Waals surface area contributed by atoms with Gasteiger partial charge in [0.25, 0.3) is 0 Å². The lowest BCUT2D eigenvalue weighted by Gasteiger charge is -2.11. The summed E-state index contributed by atoms with van der Waals surface area (Å²) in [6, 6.07) is -0.0122. The molecule has 0 spiro atoms. The van der Waals surface area contributed by atoms with Gasteiger partial charge < -0.3 is 4.90 Å². The van der Waals surface area contributed by atoms with Crippen LogP contribution in [-0.4, -0.2) is 51.2 Å². The van der Waals surface area contributed by atoms with Crippen LogP contribution in [-0.2, 0) is 0 Å². The van der Waals surface area contributed by atoms with Gasteiger partial charge >= 0.3 is 0 Å². The summed E-state index contributed by atoms with van der Waals surface area (Å²) >= 11 is 0. The lowest BCUT2D eigenvalue weighted by Crippen LogP contribution is -2.17. The van der Waals surface area contributed by atoms with E-state index in [1.807, 2.05) is 31.3 Å². The molecule has 96 valence electrons. The van der Waals surface area contributed by atoms with Crippen molar-refractivity contribution in [3.63, 3.8) is 0 Å². The minimum atomic E-state index is -0.0122. The van der Waals surface area contributed by atoms with Crippen LogP contribution in [0.15, 0.2) is 32.1 Å². The van der Waals surface area contributed by atoms with E-state index in [2.05, 4.69) is 39.4 Å². The number of hydrogen-bond donors (Lipinski definition) is 1. The molecule has 0 saturated heterocycles. The van der Waals surface area contributed by atoms with Crippen LogP contribution < -0.4 is 5.43 Å². The van der Waals surface area contributed by atoms with Crippen molar-refractivity contribution in [2.45, 2.75) is 19.9 Å². The standard InChI is InChI=1S/C11H22N6/c1-6-17(5)9-14-10(2)11(12-3)7-8-15-16-13-4/h7,9-10H,3,6,8H2,1-2,4-5H3,(H,13,15)/b11-7-,14-9-. The summed E-state index contributed by atoms with van der Waals surface area (Å²) in [6.45, 7) is 9.07. The monoisotopic (exact) mass is 238 g/mol. The number of nitrogens with one attached hydrogen (secondary N) is 1. The van der Waals surface area contributed by atoms with Gasteiger partial charge in [-0.2, -0.15) is 5.11 Å². The molecule has 1 unspecified atom stereocenters. The maximum absolute atomic E-state index is 4.38. The molecule has 0 heterocycles. The van der Waals surface area contributed by atoms with Crippen LogP contribution in [0, 0.1) is 0 Å². The van der Waals surface area contributed by atoms with Crippen molar-refractivity contribution in [1.29, 1.82) is 0 Å². The Kier molecular flexibility index (Phi) is 8.54. The first-order valence-electron chi connectivity index (χ1n) is 5.57. The van der Waals surface area contributed by atoms with Gasteiger partial charge in [-0.3, -0.25) is 15.4 Å². The quantitative estimate of drug-likeness (QED) is 0.229. The molecule has 0 aromatic rings. The van der Waals surface area contributed by atoms with Crippen LogP contribution in [0.1, 0.15) is 13.8 Å². The van der Waals surface area contributed by atoms with Gasteiger partial charge in [0, 0.05) is 13.6 Å². The molecule has 0 saturated carbocycles. The molecule has 0 aliphatic heterocycles. The van der Waals surface area contributed by atoms with E-state index >= 15 is 0 Å². The first-order chi connectivity index (χ1) is 8.15. The summed E-state index contributed by atoms with van der Waals surface area (Å²) in [6.07, 6.45) is 3.71. The van der Waals surface area contributed by atoms with Crippen molar-refractivity contribution < 1.29 is 0 Å². The van der Waals surface area contributed by atoms with Crippen LogP contribution >= 0.6 is 0 Å². The molecule has 0 rings (SSSR count). The maximum Gasteiger partial charge on any atom is 0.0906 e. The van der Waals surface area contributed by atoms with E-state index in [9.17, 15) is 0 Å². The molecule has 6 nitrogen and oxygen atoms in total. The minimum absolute atomic E-state index is 0.0122. The number of aliphatic imine (C=N–C) groups is 2. The molecule has 1 N–H and O–H groups in total. The SMILES string of the molecule is C=N/C(=C\CN/N=N\C)C(C)/N=C\N(C)CC. The second-order valence-corrected chi connectivity index (χ2v) is 3.46. The molecule has 0 aliphatic rings.